The van der Waals surface area contributed by atoms with Crippen LogP contribution in [0.4, 0.5) is 5.82 Å². The highest BCUT2D eigenvalue weighted by molar-refractivity contribution is 5.91. The van der Waals surface area contributed by atoms with Gasteiger partial charge in [-0.3, -0.25) is 9.48 Å². The number of nitrogens with one attached hydrogen (secondary N) is 1. The van der Waals surface area contributed by atoms with E-state index in [1.165, 1.54) is 19.3 Å². The molecule has 82 valence electrons. The van der Waals surface area contributed by atoms with E-state index in [9.17, 15) is 4.79 Å². The molecule has 1 aromatic rings. The van der Waals surface area contributed by atoms with Gasteiger partial charge >= 0.3 is 0 Å². The quantitative estimate of drug-likeness (QED) is 0.805. The van der Waals surface area contributed by atoms with Gasteiger partial charge in [0, 0.05) is 19.0 Å². The van der Waals surface area contributed by atoms with Crippen molar-refractivity contribution in [3.05, 3.63) is 12.3 Å². The van der Waals surface area contributed by atoms with Crippen LogP contribution in [-0.4, -0.2) is 15.7 Å². The number of aryl methyl sites for hydroxylation is 1. The van der Waals surface area contributed by atoms with Crippen molar-refractivity contribution in [2.45, 2.75) is 32.1 Å². The Hall–Kier alpha value is -1.32. The van der Waals surface area contributed by atoms with Crippen LogP contribution < -0.4 is 5.32 Å². The Labute approximate surface area is 89.7 Å². The van der Waals surface area contributed by atoms with Gasteiger partial charge in [0.05, 0.1) is 6.20 Å². The van der Waals surface area contributed by atoms with Gasteiger partial charge in [0.2, 0.25) is 5.91 Å². The highest BCUT2D eigenvalue weighted by Gasteiger charge is 2.21. The fraction of sp³-hybridized carbons (Fsp3) is 0.636. The minimum atomic E-state index is 0.151. The Kier molecular flexibility index (Phi) is 3.04. The highest BCUT2D eigenvalue weighted by atomic mass is 16.2. The van der Waals surface area contributed by atoms with Gasteiger partial charge in [-0.2, -0.15) is 5.10 Å². The summed E-state index contributed by atoms with van der Waals surface area (Å²) in [5, 5.41) is 6.94. The SMILES string of the molecule is Cn1nccc1NC(=O)C1CCCCC1. The summed E-state index contributed by atoms with van der Waals surface area (Å²) in [5.41, 5.74) is 0. The summed E-state index contributed by atoms with van der Waals surface area (Å²) >= 11 is 0. The van der Waals surface area contributed by atoms with Crippen molar-refractivity contribution in [1.29, 1.82) is 0 Å². The Bertz CT molecular complexity index is 339. The fourth-order valence-electron chi connectivity index (χ4n) is 2.09. The Morgan fingerprint density at radius 2 is 2.20 bits per heavy atom. The predicted molar refractivity (Wildman–Crippen MR) is 58.4 cm³/mol. The van der Waals surface area contributed by atoms with Crippen LogP contribution in [0.1, 0.15) is 32.1 Å². The van der Waals surface area contributed by atoms with Crippen molar-refractivity contribution in [3.8, 4) is 0 Å². The van der Waals surface area contributed by atoms with Gasteiger partial charge < -0.3 is 5.32 Å². The Balaban J connectivity index is 1.94. The zero-order chi connectivity index (χ0) is 10.7. The van der Waals surface area contributed by atoms with E-state index >= 15 is 0 Å². The van der Waals surface area contributed by atoms with Gasteiger partial charge in [-0.15, -0.1) is 0 Å². The molecule has 1 aromatic heterocycles. The zero-order valence-electron chi connectivity index (χ0n) is 9.07. The molecule has 1 fully saturated rings. The molecule has 0 atom stereocenters. The number of carbonyl (C=O) groups is 1. The van der Waals surface area contributed by atoms with Crippen LogP contribution in [0.2, 0.25) is 0 Å². The van der Waals surface area contributed by atoms with E-state index in [-0.39, 0.29) is 11.8 Å². The summed E-state index contributed by atoms with van der Waals surface area (Å²) in [4.78, 5) is 11.9. The molecule has 4 nitrogen and oxygen atoms in total. The number of amides is 1. The van der Waals surface area contributed by atoms with Gasteiger partial charge in [-0.25, -0.2) is 0 Å². The van der Waals surface area contributed by atoms with E-state index in [0.29, 0.717) is 0 Å². The third-order valence-electron chi connectivity index (χ3n) is 3.05. The van der Waals surface area contributed by atoms with E-state index in [4.69, 9.17) is 0 Å². The Morgan fingerprint density at radius 3 is 2.80 bits per heavy atom. The maximum Gasteiger partial charge on any atom is 0.228 e. The molecular formula is C11H17N3O. The predicted octanol–water partition coefficient (Wildman–Crippen LogP) is 1.94. The zero-order valence-corrected chi connectivity index (χ0v) is 9.07. The molecule has 15 heavy (non-hydrogen) atoms. The van der Waals surface area contributed by atoms with Crippen LogP contribution in [0.3, 0.4) is 0 Å². The minimum Gasteiger partial charge on any atom is -0.311 e. The van der Waals surface area contributed by atoms with Crippen molar-refractivity contribution in [1.82, 2.24) is 9.78 Å². The molecule has 0 bridgehead atoms. The van der Waals surface area contributed by atoms with Crippen LogP contribution in [0.25, 0.3) is 0 Å². The standard InChI is InChI=1S/C11H17N3O/c1-14-10(7-8-12-14)13-11(15)9-5-3-2-4-6-9/h7-9H,2-6H2,1H3,(H,13,15). The molecule has 0 unspecified atom stereocenters. The second kappa shape index (κ2) is 4.47. The van der Waals surface area contributed by atoms with Gasteiger partial charge in [0.25, 0.3) is 0 Å². The third kappa shape index (κ3) is 2.37. The van der Waals surface area contributed by atoms with Crippen molar-refractivity contribution >= 4 is 11.7 Å². The van der Waals surface area contributed by atoms with Crippen molar-refractivity contribution < 1.29 is 4.79 Å². The van der Waals surface area contributed by atoms with Crippen LogP contribution in [0, 0.1) is 5.92 Å². The number of hydrogen-bond acceptors (Lipinski definition) is 2. The van der Waals surface area contributed by atoms with Crippen LogP contribution >= 0.6 is 0 Å². The molecule has 1 saturated carbocycles. The van der Waals surface area contributed by atoms with E-state index in [0.717, 1.165) is 18.7 Å². The third-order valence-corrected chi connectivity index (χ3v) is 3.05. The average molecular weight is 207 g/mol. The smallest absolute Gasteiger partial charge is 0.228 e. The molecule has 1 aliphatic carbocycles. The maximum absolute atomic E-state index is 11.9. The van der Waals surface area contributed by atoms with Gasteiger partial charge in [-0.05, 0) is 12.8 Å². The first-order chi connectivity index (χ1) is 7.27. The number of aromatic nitrogens is 2. The summed E-state index contributed by atoms with van der Waals surface area (Å²) in [7, 11) is 1.83. The molecule has 1 aliphatic rings. The summed E-state index contributed by atoms with van der Waals surface area (Å²) in [6.45, 7) is 0. The van der Waals surface area contributed by atoms with E-state index in [2.05, 4.69) is 10.4 Å². The Morgan fingerprint density at radius 1 is 1.47 bits per heavy atom. The molecule has 2 rings (SSSR count). The first kappa shape index (κ1) is 10.2. The molecule has 0 aliphatic heterocycles. The molecule has 0 saturated heterocycles. The second-order valence-corrected chi connectivity index (χ2v) is 4.16. The molecule has 1 N–H and O–H groups in total. The first-order valence-corrected chi connectivity index (χ1v) is 5.56. The van der Waals surface area contributed by atoms with Crippen molar-refractivity contribution in [2.75, 3.05) is 5.32 Å². The number of hydrogen-bond donors (Lipinski definition) is 1. The largest absolute Gasteiger partial charge is 0.311 e. The minimum absolute atomic E-state index is 0.151. The number of nitrogens with zero attached hydrogens (tertiary/aromatic N) is 2. The second-order valence-electron chi connectivity index (χ2n) is 4.16. The monoisotopic (exact) mass is 207 g/mol. The molecule has 0 spiro atoms. The van der Waals surface area contributed by atoms with Crippen LogP contribution in [0.5, 0.6) is 0 Å². The number of carbonyl (C=O) groups excluding carboxylic acids is 1. The first-order valence-electron chi connectivity index (χ1n) is 5.56. The van der Waals surface area contributed by atoms with E-state index in [1.807, 2.05) is 13.1 Å². The normalized spacial score (nSPS) is 17.7. The number of anilines is 1. The molecule has 0 radical (unpaired) electrons. The summed E-state index contributed by atoms with van der Waals surface area (Å²) in [6.07, 6.45) is 7.40. The lowest BCUT2D eigenvalue weighted by Crippen LogP contribution is -2.25. The molecular weight excluding hydrogens is 190 g/mol. The summed E-state index contributed by atoms with van der Waals surface area (Å²) in [6, 6.07) is 1.82. The lowest BCUT2D eigenvalue weighted by molar-refractivity contribution is -0.120. The fourth-order valence-corrected chi connectivity index (χ4v) is 2.09. The maximum atomic E-state index is 11.9. The van der Waals surface area contributed by atoms with Crippen LogP contribution in [-0.2, 0) is 11.8 Å². The molecule has 4 heteroatoms. The average Bonchev–Trinajstić information content (AvgIpc) is 2.66. The molecule has 0 aromatic carbocycles. The summed E-state index contributed by atoms with van der Waals surface area (Å²) < 4.78 is 1.68. The summed E-state index contributed by atoms with van der Waals surface area (Å²) in [5.74, 6) is 1.14. The van der Waals surface area contributed by atoms with E-state index in [1.54, 1.807) is 10.9 Å². The molecule has 1 heterocycles. The van der Waals surface area contributed by atoms with E-state index < -0.39 is 0 Å². The highest BCUT2D eigenvalue weighted by Crippen LogP contribution is 2.24. The van der Waals surface area contributed by atoms with Crippen LogP contribution in [0.15, 0.2) is 12.3 Å². The number of rotatable bonds is 2. The molecule has 1 amide bonds. The lowest BCUT2D eigenvalue weighted by atomic mass is 9.89. The van der Waals surface area contributed by atoms with Gasteiger partial charge in [0.15, 0.2) is 0 Å². The van der Waals surface area contributed by atoms with Crippen molar-refractivity contribution in [3.63, 3.8) is 0 Å². The topological polar surface area (TPSA) is 46.9 Å². The lowest BCUT2D eigenvalue weighted by Gasteiger charge is -2.20. The van der Waals surface area contributed by atoms with Gasteiger partial charge in [0.1, 0.15) is 5.82 Å². The van der Waals surface area contributed by atoms with Gasteiger partial charge in [-0.1, -0.05) is 19.3 Å². The van der Waals surface area contributed by atoms with Crippen molar-refractivity contribution in [2.24, 2.45) is 13.0 Å².